The van der Waals surface area contributed by atoms with Crippen molar-refractivity contribution in [3.8, 4) is 0 Å². The summed E-state index contributed by atoms with van der Waals surface area (Å²) in [5, 5.41) is 5.07. The summed E-state index contributed by atoms with van der Waals surface area (Å²) in [4.78, 5) is 13.3. The van der Waals surface area contributed by atoms with Crippen LogP contribution in [0.1, 0.15) is 49.0 Å². The van der Waals surface area contributed by atoms with Gasteiger partial charge < -0.3 is 5.32 Å². The predicted octanol–water partition coefficient (Wildman–Crippen LogP) is 5.40. The first-order chi connectivity index (χ1) is 12.2. The molecule has 4 bridgehead atoms. The highest BCUT2D eigenvalue weighted by molar-refractivity contribution is 7.10. The molecule has 0 atom stereocenters. The minimum atomic E-state index is 0.0741. The Labute approximate surface area is 153 Å². The zero-order chi connectivity index (χ0) is 16.9. The van der Waals surface area contributed by atoms with E-state index in [1.54, 1.807) is 11.3 Å². The maximum Gasteiger partial charge on any atom is 0.229 e. The smallest absolute Gasteiger partial charge is 0.229 e. The highest BCUT2D eigenvalue weighted by Crippen LogP contribution is 2.60. The molecule has 3 heteroatoms. The second kappa shape index (κ2) is 5.98. The SMILES string of the molecule is O=C(Cc1cccs1)Nc1ccc(C23CC4CC(CC(C4)C2)C3)cc1. The molecule has 2 nitrogen and oxygen atoms in total. The quantitative estimate of drug-likeness (QED) is 0.785. The molecule has 0 spiro atoms. The molecule has 4 fully saturated rings. The van der Waals surface area contributed by atoms with Crippen molar-refractivity contribution in [2.24, 2.45) is 17.8 Å². The van der Waals surface area contributed by atoms with Crippen LogP contribution >= 0.6 is 11.3 Å². The van der Waals surface area contributed by atoms with E-state index in [9.17, 15) is 4.79 Å². The lowest BCUT2D eigenvalue weighted by Gasteiger charge is -2.57. The van der Waals surface area contributed by atoms with E-state index >= 15 is 0 Å². The van der Waals surface area contributed by atoms with Crippen LogP contribution in [0.25, 0.3) is 0 Å². The number of nitrogens with one attached hydrogen (secondary N) is 1. The van der Waals surface area contributed by atoms with Crippen LogP contribution in [-0.2, 0) is 16.6 Å². The van der Waals surface area contributed by atoms with Crippen LogP contribution in [-0.4, -0.2) is 5.91 Å². The van der Waals surface area contributed by atoms with Gasteiger partial charge in [0, 0.05) is 10.6 Å². The van der Waals surface area contributed by atoms with Crippen LogP contribution in [0.4, 0.5) is 5.69 Å². The first-order valence-corrected chi connectivity index (χ1v) is 10.5. The fourth-order valence-corrected chi connectivity index (χ4v) is 6.85. The topological polar surface area (TPSA) is 29.1 Å². The first-order valence-electron chi connectivity index (χ1n) is 9.61. The first kappa shape index (κ1) is 15.6. The van der Waals surface area contributed by atoms with Gasteiger partial charge in [0.25, 0.3) is 0 Å². The molecule has 1 aromatic heterocycles. The zero-order valence-electron chi connectivity index (χ0n) is 14.5. The summed E-state index contributed by atoms with van der Waals surface area (Å²) in [6.45, 7) is 0. The van der Waals surface area contributed by atoms with E-state index in [0.29, 0.717) is 11.8 Å². The number of hydrogen-bond donors (Lipinski definition) is 1. The fourth-order valence-electron chi connectivity index (χ4n) is 6.15. The Balaban J connectivity index is 1.30. The minimum Gasteiger partial charge on any atom is -0.326 e. The molecule has 1 N–H and O–H groups in total. The average molecular weight is 352 g/mol. The summed E-state index contributed by atoms with van der Waals surface area (Å²) < 4.78 is 0. The highest BCUT2D eigenvalue weighted by atomic mass is 32.1. The van der Waals surface area contributed by atoms with Crippen LogP contribution in [0.5, 0.6) is 0 Å². The van der Waals surface area contributed by atoms with Gasteiger partial charge in [-0.3, -0.25) is 4.79 Å². The molecule has 0 aliphatic heterocycles. The van der Waals surface area contributed by atoms with E-state index in [1.807, 2.05) is 17.5 Å². The number of anilines is 1. The van der Waals surface area contributed by atoms with Crippen LogP contribution in [0, 0.1) is 17.8 Å². The van der Waals surface area contributed by atoms with Crippen LogP contribution < -0.4 is 5.32 Å². The largest absolute Gasteiger partial charge is 0.326 e. The van der Waals surface area contributed by atoms with Gasteiger partial charge in [0.1, 0.15) is 0 Å². The van der Waals surface area contributed by atoms with Gasteiger partial charge >= 0.3 is 0 Å². The normalized spacial score (nSPS) is 32.7. The number of hydrogen-bond acceptors (Lipinski definition) is 2. The Morgan fingerprint density at radius 2 is 1.64 bits per heavy atom. The third kappa shape index (κ3) is 2.93. The van der Waals surface area contributed by atoms with Crippen LogP contribution in [0.15, 0.2) is 41.8 Å². The summed E-state index contributed by atoms with van der Waals surface area (Å²) >= 11 is 1.64. The lowest BCUT2D eigenvalue weighted by molar-refractivity contribution is -0.115. The maximum atomic E-state index is 12.2. The van der Waals surface area contributed by atoms with Crippen molar-refractivity contribution in [3.05, 3.63) is 52.2 Å². The molecule has 1 aromatic carbocycles. The van der Waals surface area contributed by atoms with Crippen molar-refractivity contribution < 1.29 is 4.79 Å². The van der Waals surface area contributed by atoms with Gasteiger partial charge in [-0.15, -0.1) is 11.3 Å². The molecule has 0 radical (unpaired) electrons. The molecule has 0 unspecified atom stereocenters. The predicted molar refractivity (Wildman–Crippen MR) is 103 cm³/mol. The summed E-state index contributed by atoms with van der Waals surface area (Å²) in [5.41, 5.74) is 2.88. The second-order valence-corrected chi connectivity index (χ2v) is 9.61. The fraction of sp³-hybridized carbons (Fsp3) is 0.500. The molecular formula is C22H25NOS. The summed E-state index contributed by atoms with van der Waals surface area (Å²) in [5.74, 6) is 2.98. The van der Waals surface area contributed by atoms with Gasteiger partial charge in [0.2, 0.25) is 5.91 Å². The van der Waals surface area contributed by atoms with E-state index in [0.717, 1.165) is 28.3 Å². The number of rotatable bonds is 4. The van der Waals surface area contributed by atoms with E-state index in [1.165, 1.54) is 44.1 Å². The van der Waals surface area contributed by atoms with Gasteiger partial charge in [-0.2, -0.15) is 0 Å². The van der Waals surface area contributed by atoms with Crippen molar-refractivity contribution in [1.29, 1.82) is 0 Å². The summed E-state index contributed by atoms with van der Waals surface area (Å²) in [6.07, 6.45) is 9.09. The van der Waals surface area contributed by atoms with Crippen molar-refractivity contribution >= 4 is 22.9 Å². The molecule has 6 rings (SSSR count). The van der Waals surface area contributed by atoms with Gasteiger partial charge in [0.05, 0.1) is 6.42 Å². The molecule has 4 aliphatic rings. The minimum absolute atomic E-state index is 0.0741. The van der Waals surface area contributed by atoms with Gasteiger partial charge in [0.15, 0.2) is 0 Å². The Bertz CT molecular complexity index is 727. The van der Waals surface area contributed by atoms with Crippen molar-refractivity contribution in [1.82, 2.24) is 0 Å². The third-order valence-electron chi connectivity index (χ3n) is 6.73. The molecule has 0 saturated heterocycles. The molecule has 2 aromatic rings. The summed E-state index contributed by atoms with van der Waals surface area (Å²) in [6, 6.07) is 12.8. The Morgan fingerprint density at radius 1 is 1.00 bits per heavy atom. The van der Waals surface area contributed by atoms with E-state index in [2.05, 4.69) is 29.6 Å². The maximum absolute atomic E-state index is 12.2. The summed E-state index contributed by atoms with van der Waals surface area (Å²) in [7, 11) is 0. The Morgan fingerprint density at radius 3 is 2.20 bits per heavy atom. The number of carbonyl (C=O) groups is 1. The molecule has 4 saturated carbocycles. The van der Waals surface area contributed by atoms with Gasteiger partial charge in [-0.1, -0.05) is 18.2 Å². The lowest BCUT2D eigenvalue weighted by Crippen LogP contribution is -2.48. The molecule has 1 amide bonds. The zero-order valence-corrected chi connectivity index (χ0v) is 15.4. The molecule has 1 heterocycles. The lowest BCUT2D eigenvalue weighted by atomic mass is 9.48. The second-order valence-electron chi connectivity index (χ2n) is 8.58. The molecule has 130 valence electrons. The standard InChI is InChI=1S/C22H25NOS/c24-21(11-20-2-1-7-25-20)23-19-5-3-18(4-6-19)22-12-15-8-16(13-22)10-17(9-15)14-22/h1-7,15-17H,8-14H2,(H,23,24). The van der Waals surface area contributed by atoms with Gasteiger partial charge in [-0.05, 0) is 90.8 Å². The van der Waals surface area contributed by atoms with E-state index < -0.39 is 0 Å². The van der Waals surface area contributed by atoms with Crippen LogP contribution in [0.3, 0.4) is 0 Å². The monoisotopic (exact) mass is 351 g/mol. The molecule has 4 aliphatic carbocycles. The average Bonchev–Trinajstić information content (AvgIpc) is 3.07. The Kier molecular flexibility index (Phi) is 3.74. The van der Waals surface area contributed by atoms with Crippen LogP contribution in [0.2, 0.25) is 0 Å². The van der Waals surface area contributed by atoms with Crippen molar-refractivity contribution in [2.75, 3.05) is 5.32 Å². The molecular weight excluding hydrogens is 326 g/mol. The van der Waals surface area contributed by atoms with E-state index in [4.69, 9.17) is 0 Å². The van der Waals surface area contributed by atoms with E-state index in [-0.39, 0.29) is 5.91 Å². The number of thiophene rings is 1. The Hall–Kier alpha value is -1.61. The highest BCUT2D eigenvalue weighted by Gasteiger charge is 2.51. The van der Waals surface area contributed by atoms with Gasteiger partial charge in [-0.25, -0.2) is 0 Å². The third-order valence-corrected chi connectivity index (χ3v) is 7.61. The number of benzene rings is 1. The van der Waals surface area contributed by atoms with Crippen molar-refractivity contribution in [2.45, 2.75) is 50.4 Å². The number of amides is 1. The van der Waals surface area contributed by atoms with Crippen molar-refractivity contribution in [3.63, 3.8) is 0 Å². The number of carbonyl (C=O) groups excluding carboxylic acids is 1. The molecule has 25 heavy (non-hydrogen) atoms.